The molecule has 5 nitrogen and oxygen atoms in total. The van der Waals surface area contributed by atoms with E-state index < -0.39 is 10.1 Å². The quantitative estimate of drug-likeness (QED) is 0.392. The summed E-state index contributed by atoms with van der Waals surface area (Å²) in [6.45, 7) is 2.14. The summed E-state index contributed by atoms with van der Waals surface area (Å²) >= 11 is 0. The van der Waals surface area contributed by atoms with Gasteiger partial charge in [0.05, 0.1) is 12.4 Å². The van der Waals surface area contributed by atoms with E-state index in [1.807, 2.05) is 0 Å². The highest BCUT2D eigenvalue weighted by molar-refractivity contribution is 7.85. The Morgan fingerprint density at radius 2 is 1.80 bits per heavy atom. The summed E-state index contributed by atoms with van der Waals surface area (Å²) in [4.78, 5) is 10.9. The summed E-state index contributed by atoms with van der Waals surface area (Å²) < 4.78 is 33.8. The van der Waals surface area contributed by atoms with Crippen molar-refractivity contribution in [3.8, 4) is 0 Å². The summed E-state index contributed by atoms with van der Waals surface area (Å²) in [6, 6.07) is 0. The van der Waals surface area contributed by atoms with Crippen LogP contribution in [0.4, 0.5) is 0 Å². The lowest BCUT2D eigenvalue weighted by Crippen LogP contribution is -2.04. The number of ether oxygens (including phenoxy) is 1. The molecule has 0 rings (SSSR count). The van der Waals surface area contributed by atoms with Gasteiger partial charge >= 0.3 is 5.97 Å². The number of carbonyl (C=O) groups excluding carboxylic acids is 1. The summed E-state index contributed by atoms with van der Waals surface area (Å²) in [6.07, 6.45) is 2.97. The van der Waals surface area contributed by atoms with Crippen LogP contribution in [0, 0.1) is 0 Å². The van der Waals surface area contributed by atoms with Crippen molar-refractivity contribution in [2.75, 3.05) is 12.4 Å². The highest BCUT2D eigenvalue weighted by Crippen LogP contribution is 2.05. The lowest BCUT2D eigenvalue weighted by atomic mass is 10.1. The van der Waals surface area contributed by atoms with Crippen LogP contribution in [0.2, 0.25) is 0 Å². The van der Waals surface area contributed by atoms with Crippen molar-refractivity contribution in [3.63, 3.8) is 0 Å². The largest absolute Gasteiger partial charge is 0.466 e. The Balaban J connectivity index is 3.29. The molecule has 0 unspecified atom stereocenters. The van der Waals surface area contributed by atoms with Gasteiger partial charge in [0, 0.05) is 6.42 Å². The Morgan fingerprint density at radius 3 is 2.33 bits per heavy atom. The minimum atomic E-state index is -3.83. The molecule has 0 bridgehead atoms. The first-order valence-corrected chi connectivity index (χ1v) is 6.67. The van der Waals surface area contributed by atoms with Crippen LogP contribution in [0.15, 0.2) is 0 Å². The van der Waals surface area contributed by atoms with Gasteiger partial charge in [-0.05, 0) is 19.8 Å². The molecule has 0 fully saturated rings. The molecular weight excluding hydrogens is 220 g/mol. The van der Waals surface area contributed by atoms with E-state index in [1.54, 1.807) is 6.92 Å². The first-order chi connectivity index (χ1) is 6.95. The molecule has 15 heavy (non-hydrogen) atoms. The molecule has 1 N–H and O–H groups in total. The van der Waals surface area contributed by atoms with E-state index in [-0.39, 0.29) is 11.7 Å². The number of esters is 1. The van der Waals surface area contributed by atoms with E-state index in [1.165, 1.54) is 0 Å². The SMILES string of the molecule is CCOC(=O)CCCCCCS(=O)(=O)O. The Hall–Kier alpha value is -0.620. The number of unbranched alkanes of at least 4 members (excludes halogenated alkanes) is 3. The summed E-state index contributed by atoms with van der Waals surface area (Å²) in [5, 5.41) is 0. The maximum absolute atomic E-state index is 10.9. The Kier molecular flexibility index (Phi) is 7.33. The van der Waals surface area contributed by atoms with E-state index in [0.717, 1.165) is 6.42 Å². The van der Waals surface area contributed by atoms with Gasteiger partial charge in [-0.2, -0.15) is 8.42 Å². The number of carbonyl (C=O) groups is 1. The van der Waals surface area contributed by atoms with E-state index >= 15 is 0 Å². The van der Waals surface area contributed by atoms with Crippen LogP contribution in [-0.4, -0.2) is 31.3 Å². The zero-order chi connectivity index (χ0) is 11.7. The molecule has 0 saturated heterocycles. The first-order valence-electron chi connectivity index (χ1n) is 5.06. The van der Waals surface area contributed by atoms with Crippen molar-refractivity contribution in [1.82, 2.24) is 0 Å². The first kappa shape index (κ1) is 14.4. The van der Waals surface area contributed by atoms with Crippen molar-refractivity contribution in [2.24, 2.45) is 0 Å². The number of hydrogen-bond donors (Lipinski definition) is 1. The zero-order valence-corrected chi connectivity index (χ0v) is 9.75. The molecule has 0 aromatic heterocycles. The van der Waals surface area contributed by atoms with Gasteiger partial charge in [0.15, 0.2) is 0 Å². The Bertz CT molecular complexity index is 270. The van der Waals surface area contributed by atoms with Gasteiger partial charge in [-0.1, -0.05) is 12.8 Å². The van der Waals surface area contributed by atoms with Crippen molar-refractivity contribution < 1.29 is 22.5 Å². The molecule has 0 aliphatic carbocycles. The molecule has 0 aromatic rings. The third-order valence-corrected chi connectivity index (χ3v) is 2.64. The minimum absolute atomic E-state index is 0.202. The lowest BCUT2D eigenvalue weighted by Gasteiger charge is -2.01. The van der Waals surface area contributed by atoms with Gasteiger partial charge in [-0.25, -0.2) is 0 Å². The summed E-state index contributed by atoms with van der Waals surface area (Å²) in [5.41, 5.74) is 0. The molecule has 0 heterocycles. The highest BCUT2D eigenvalue weighted by Gasteiger charge is 2.04. The smallest absolute Gasteiger partial charge is 0.305 e. The van der Waals surface area contributed by atoms with Crippen LogP contribution in [0.5, 0.6) is 0 Å². The molecule has 0 aromatic carbocycles. The van der Waals surface area contributed by atoms with E-state index in [9.17, 15) is 13.2 Å². The highest BCUT2D eigenvalue weighted by atomic mass is 32.2. The van der Waals surface area contributed by atoms with Crippen LogP contribution in [0.25, 0.3) is 0 Å². The van der Waals surface area contributed by atoms with Gasteiger partial charge in [0.2, 0.25) is 0 Å². The molecular formula is C9H18O5S. The predicted octanol–water partition coefficient (Wildman–Crippen LogP) is 1.39. The fourth-order valence-corrected chi connectivity index (χ4v) is 1.71. The van der Waals surface area contributed by atoms with Gasteiger partial charge < -0.3 is 4.74 Å². The monoisotopic (exact) mass is 238 g/mol. The van der Waals surface area contributed by atoms with E-state index in [0.29, 0.717) is 32.3 Å². The average Bonchev–Trinajstić information content (AvgIpc) is 2.09. The van der Waals surface area contributed by atoms with E-state index in [4.69, 9.17) is 9.29 Å². The van der Waals surface area contributed by atoms with Crippen molar-refractivity contribution >= 4 is 16.1 Å². The second-order valence-corrected chi connectivity index (χ2v) is 4.83. The Labute approximate surface area is 90.6 Å². The standard InChI is InChI=1S/C9H18O5S/c1-2-14-9(10)7-5-3-4-6-8-15(11,12)13/h2-8H2,1H3,(H,11,12,13). The van der Waals surface area contributed by atoms with Crippen LogP contribution in [0.1, 0.15) is 39.0 Å². The fraction of sp³-hybridized carbons (Fsp3) is 0.889. The van der Waals surface area contributed by atoms with Gasteiger partial charge in [0.25, 0.3) is 10.1 Å². The third kappa shape index (κ3) is 11.3. The molecule has 0 saturated carbocycles. The molecule has 90 valence electrons. The maximum atomic E-state index is 10.9. The average molecular weight is 238 g/mol. The normalized spacial score (nSPS) is 11.3. The van der Waals surface area contributed by atoms with Crippen LogP contribution >= 0.6 is 0 Å². The molecule has 6 heteroatoms. The van der Waals surface area contributed by atoms with Gasteiger partial charge in [0.1, 0.15) is 0 Å². The molecule has 0 aliphatic rings. The minimum Gasteiger partial charge on any atom is -0.466 e. The summed E-state index contributed by atoms with van der Waals surface area (Å²) in [7, 11) is -3.83. The molecule has 0 atom stereocenters. The molecule has 0 amide bonds. The third-order valence-electron chi connectivity index (χ3n) is 1.84. The Morgan fingerprint density at radius 1 is 1.20 bits per heavy atom. The van der Waals surface area contributed by atoms with Crippen molar-refractivity contribution in [1.29, 1.82) is 0 Å². The summed E-state index contributed by atoms with van der Waals surface area (Å²) in [5.74, 6) is -0.417. The van der Waals surface area contributed by atoms with Crippen LogP contribution in [-0.2, 0) is 19.6 Å². The zero-order valence-electron chi connectivity index (χ0n) is 8.94. The second-order valence-electron chi connectivity index (χ2n) is 3.26. The van der Waals surface area contributed by atoms with E-state index in [2.05, 4.69) is 0 Å². The van der Waals surface area contributed by atoms with Crippen LogP contribution < -0.4 is 0 Å². The fourth-order valence-electron chi connectivity index (χ4n) is 1.14. The number of hydrogen-bond acceptors (Lipinski definition) is 4. The second kappa shape index (κ2) is 7.64. The maximum Gasteiger partial charge on any atom is 0.305 e. The van der Waals surface area contributed by atoms with Crippen molar-refractivity contribution in [2.45, 2.75) is 39.0 Å². The lowest BCUT2D eigenvalue weighted by molar-refractivity contribution is -0.143. The van der Waals surface area contributed by atoms with Crippen LogP contribution in [0.3, 0.4) is 0 Å². The number of rotatable bonds is 8. The predicted molar refractivity (Wildman–Crippen MR) is 56.1 cm³/mol. The molecule has 0 radical (unpaired) electrons. The van der Waals surface area contributed by atoms with Gasteiger partial charge in [-0.3, -0.25) is 9.35 Å². The van der Waals surface area contributed by atoms with Gasteiger partial charge in [-0.15, -0.1) is 0 Å². The molecule has 0 spiro atoms. The van der Waals surface area contributed by atoms with Crippen molar-refractivity contribution in [3.05, 3.63) is 0 Å². The molecule has 0 aliphatic heterocycles. The topological polar surface area (TPSA) is 80.7 Å².